The van der Waals surface area contributed by atoms with E-state index in [0.717, 1.165) is 11.3 Å². The predicted octanol–water partition coefficient (Wildman–Crippen LogP) is 7.07. The van der Waals surface area contributed by atoms with Crippen LogP contribution in [0.15, 0.2) is 61.7 Å². The molecule has 0 N–H and O–H groups in total. The van der Waals surface area contributed by atoms with E-state index >= 15 is 0 Å². The molecular formula is C36H54O8Si. The fraction of sp³-hybridized carbons (Fsp3) is 0.667. The van der Waals surface area contributed by atoms with Gasteiger partial charge in [0, 0.05) is 12.0 Å². The first-order valence-electron chi connectivity index (χ1n) is 16.7. The van der Waals surface area contributed by atoms with Crippen molar-refractivity contribution in [3.05, 3.63) is 67.3 Å². The summed E-state index contributed by atoms with van der Waals surface area (Å²) in [6, 6.07) is 7.76. The molecule has 1 aromatic rings. The highest BCUT2D eigenvalue weighted by Gasteiger charge is 2.57. The van der Waals surface area contributed by atoms with Gasteiger partial charge < -0.3 is 37.6 Å². The summed E-state index contributed by atoms with van der Waals surface area (Å²) in [4.78, 5) is 0. The minimum absolute atomic E-state index is 0.208. The molecule has 8 nitrogen and oxygen atoms in total. The highest BCUT2D eigenvalue weighted by Crippen LogP contribution is 2.47. The molecule has 0 unspecified atom stereocenters. The van der Waals surface area contributed by atoms with Gasteiger partial charge in [-0.05, 0) is 35.2 Å². The van der Waals surface area contributed by atoms with Gasteiger partial charge in [-0.15, -0.1) is 13.2 Å². The SMILES string of the molecule is C=CCO[C@@H]1[C@@H](O[Si](C(C)C)(C(C)C)C(C)C)[C@@H]2O[C@@H]3C=C[C@@H]4O[C@H](c5ccc(OC)cc5)OC[C@H]4O[C@H]3C[C@H]2O[C@H]1CC=C. The quantitative estimate of drug-likeness (QED) is 0.177. The Balaban J connectivity index is 1.41. The third kappa shape index (κ3) is 7.06. The first kappa shape index (κ1) is 34.5. The van der Waals surface area contributed by atoms with Crippen LogP contribution >= 0.6 is 0 Å². The molecule has 0 amide bonds. The van der Waals surface area contributed by atoms with Crippen LogP contribution in [0.4, 0.5) is 0 Å². The van der Waals surface area contributed by atoms with E-state index in [1.165, 1.54) is 0 Å². The summed E-state index contributed by atoms with van der Waals surface area (Å²) in [5, 5.41) is 0. The van der Waals surface area contributed by atoms with Crippen molar-refractivity contribution < 1.29 is 37.6 Å². The van der Waals surface area contributed by atoms with Crippen LogP contribution in [0, 0.1) is 0 Å². The smallest absolute Gasteiger partial charge is 0.201 e. The monoisotopic (exact) mass is 642 g/mol. The third-order valence-corrected chi connectivity index (χ3v) is 16.1. The normalized spacial score (nSPS) is 35.0. The van der Waals surface area contributed by atoms with Gasteiger partial charge in [-0.1, -0.05) is 78.0 Å². The van der Waals surface area contributed by atoms with Gasteiger partial charge in [-0.25, -0.2) is 0 Å². The van der Waals surface area contributed by atoms with Crippen LogP contribution in [-0.4, -0.2) is 83.6 Å². The number of hydrogen-bond donors (Lipinski definition) is 0. The fourth-order valence-electron chi connectivity index (χ4n) is 8.00. The first-order valence-corrected chi connectivity index (χ1v) is 18.8. The lowest BCUT2D eigenvalue weighted by molar-refractivity contribution is -0.299. The molecule has 45 heavy (non-hydrogen) atoms. The van der Waals surface area contributed by atoms with Gasteiger partial charge in [-0.3, -0.25) is 0 Å². The van der Waals surface area contributed by atoms with E-state index in [2.05, 4.69) is 66.9 Å². The van der Waals surface area contributed by atoms with Crippen LogP contribution in [0.3, 0.4) is 0 Å². The highest BCUT2D eigenvalue weighted by molar-refractivity contribution is 6.77. The van der Waals surface area contributed by atoms with Crippen LogP contribution in [0.5, 0.6) is 5.75 Å². The van der Waals surface area contributed by atoms with Gasteiger partial charge in [-0.2, -0.15) is 0 Å². The van der Waals surface area contributed by atoms with Gasteiger partial charge in [0.15, 0.2) is 6.29 Å². The second kappa shape index (κ2) is 14.9. The lowest BCUT2D eigenvalue weighted by atomic mass is 9.87. The number of fused-ring (bicyclic) bond motifs is 3. The molecular weight excluding hydrogens is 588 g/mol. The van der Waals surface area contributed by atoms with Crippen molar-refractivity contribution in [1.82, 2.24) is 0 Å². The maximum absolute atomic E-state index is 7.53. The summed E-state index contributed by atoms with van der Waals surface area (Å²) >= 11 is 0. The standard InChI is InChI=1S/C36H54O8Si/c1-10-12-29-33(38-19-11-2)35(44-45(22(3)4,23(5)6)24(7)8)34-31(40-29)20-30-27(42-34)17-18-28-32(41-30)21-39-36(43-28)25-13-15-26(37-9)16-14-25/h10-11,13-18,22-24,27-36H,1-2,12,19-21H2,3-9H3/t27-,28+,29+,30+,31-,32-,33+,34-,35-,36-/m1/s1. The number of methoxy groups -OCH3 is 1. The van der Waals surface area contributed by atoms with E-state index in [9.17, 15) is 0 Å². The van der Waals surface area contributed by atoms with Crippen molar-refractivity contribution >= 4 is 8.32 Å². The van der Waals surface area contributed by atoms with Gasteiger partial charge in [0.2, 0.25) is 8.32 Å². The van der Waals surface area contributed by atoms with Gasteiger partial charge in [0.25, 0.3) is 0 Å². The second-order valence-corrected chi connectivity index (χ2v) is 19.1. The Kier molecular flexibility index (Phi) is 11.5. The molecule has 0 spiro atoms. The van der Waals surface area contributed by atoms with E-state index in [-0.39, 0.29) is 54.9 Å². The Bertz CT molecular complexity index is 1130. The average molecular weight is 643 g/mol. The molecule has 9 heteroatoms. The summed E-state index contributed by atoms with van der Waals surface area (Å²) in [5.74, 6) is 0.792. The van der Waals surface area contributed by atoms with Crippen LogP contribution in [-0.2, 0) is 32.8 Å². The van der Waals surface area contributed by atoms with Crippen LogP contribution in [0.25, 0.3) is 0 Å². The van der Waals surface area contributed by atoms with Crippen molar-refractivity contribution in [1.29, 1.82) is 0 Å². The molecule has 0 aliphatic carbocycles. The predicted molar refractivity (Wildman–Crippen MR) is 177 cm³/mol. The Morgan fingerprint density at radius 3 is 2.09 bits per heavy atom. The lowest BCUT2D eigenvalue weighted by Crippen LogP contribution is -2.67. The van der Waals surface area contributed by atoms with E-state index in [4.69, 9.17) is 37.6 Å². The van der Waals surface area contributed by atoms with Crippen LogP contribution in [0.1, 0.15) is 66.2 Å². The lowest BCUT2D eigenvalue weighted by Gasteiger charge is -2.55. The molecule has 4 aliphatic rings. The van der Waals surface area contributed by atoms with Crippen molar-refractivity contribution in [3.63, 3.8) is 0 Å². The molecule has 1 aromatic carbocycles. The summed E-state index contributed by atoms with van der Waals surface area (Å²) in [5.41, 5.74) is 2.17. The molecule has 0 radical (unpaired) electrons. The maximum Gasteiger partial charge on any atom is 0.201 e. The third-order valence-electron chi connectivity index (χ3n) is 10.0. The Hall–Kier alpha value is -1.82. The van der Waals surface area contributed by atoms with Gasteiger partial charge >= 0.3 is 0 Å². The van der Waals surface area contributed by atoms with E-state index in [1.54, 1.807) is 13.2 Å². The van der Waals surface area contributed by atoms with Crippen molar-refractivity contribution in [2.24, 2.45) is 0 Å². The molecule has 250 valence electrons. The number of hydrogen-bond acceptors (Lipinski definition) is 8. The Morgan fingerprint density at radius 2 is 1.49 bits per heavy atom. The topological polar surface area (TPSA) is 73.8 Å². The molecule has 4 aliphatic heterocycles. The van der Waals surface area contributed by atoms with E-state index in [1.807, 2.05) is 30.3 Å². The number of benzene rings is 1. The molecule has 0 bridgehead atoms. The zero-order valence-corrected chi connectivity index (χ0v) is 29.1. The molecule has 3 saturated heterocycles. The molecule has 5 rings (SSSR count). The summed E-state index contributed by atoms with van der Waals surface area (Å²) in [6.07, 6.45) is 6.34. The second-order valence-electron chi connectivity index (χ2n) is 13.7. The van der Waals surface area contributed by atoms with E-state index < -0.39 is 14.6 Å². The average Bonchev–Trinajstić information content (AvgIpc) is 3.20. The summed E-state index contributed by atoms with van der Waals surface area (Å²) in [7, 11) is -0.655. The molecule has 4 heterocycles. The van der Waals surface area contributed by atoms with Crippen molar-refractivity contribution in [3.8, 4) is 5.75 Å². The molecule has 0 saturated carbocycles. The summed E-state index contributed by atoms with van der Waals surface area (Å²) < 4.78 is 52.3. The number of rotatable bonds is 12. The highest BCUT2D eigenvalue weighted by atomic mass is 28.4. The first-order chi connectivity index (χ1) is 21.6. The fourth-order valence-corrected chi connectivity index (χ4v) is 13.6. The largest absolute Gasteiger partial charge is 0.497 e. The van der Waals surface area contributed by atoms with Gasteiger partial charge in [0.1, 0.15) is 42.4 Å². The molecule has 3 fully saturated rings. The maximum atomic E-state index is 7.53. The summed E-state index contributed by atoms with van der Waals surface area (Å²) in [6.45, 7) is 22.6. The van der Waals surface area contributed by atoms with Gasteiger partial charge in [0.05, 0.1) is 38.6 Å². The molecule has 10 atom stereocenters. The van der Waals surface area contributed by atoms with Crippen molar-refractivity contribution in [2.75, 3.05) is 20.3 Å². The molecule has 0 aromatic heterocycles. The van der Waals surface area contributed by atoms with Crippen LogP contribution in [0.2, 0.25) is 16.6 Å². The minimum atomic E-state index is -2.31. The number of ether oxygens (including phenoxy) is 7. The zero-order valence-electron chi connectivity index (χ0n) is 28.1. The van der Waals surface area contributed by atoms with E-state index in [0.29, 0.717) is 42.7 Å². The Labute approximate surface area is 271 Å². The minimum Gasteiger partial charge on any atom is -0.497 e. The Morgan fingerprint density at radius 1 is 0.822 bits per heavy atom. The van der Waals surface area contributed by atoms with Crippen molar-refractivity contribution in [2.45, 2.75) is 132 Å². The van der Waals surface area contributed by atoms with Crippen LogP contribution < -0.4 is 4.74 Å². The zero-order chi connectivity index (χ0) is 32.3.